The molecule has 0 aliphatic heterocycles. The van der Waals surface area contributed by atoms with E-state index in [1.807, 2.05) is 30.3 Å². The Bertz CT molecular complexity index is 742. The van der Waals surface area contributed by atoms with Crippen LogP contribution in [0.15, 0.2) is 53.3 Å². The molecule has 1 heterocycles. The minimum atomic E-state index is -0.0402. The van der Waals surface area contributed by atoms with E-state index in [1.165, 1.54) is 0 Å². The van der Waals surface area contributed by atoms with E-state index in [2.05, 4.69) is 0 Å². The Hall–Kier alpha value is -1.77. The van der Waals surface area contributed by atoms with E-state index in [0.29, 0.717) is 0 Å². The van der Waals surface area contributed by atoms with Crippen LogP contribution in [0.2, 0.25) is 0 Å². The second kappa shape index (κ2) is 3.91. The Labute approximate surface area is 104 Å². The molecule has 4 heteroatoms. The van der Waals surface area contributed by atoms with Crippen molar-refractivity contribution in [2.45, 2.75) is 0 Å². The van der Waals surface area contributed by atoms with E-state index >= 15 is 0 Å². The van der Waals surface area contributed by atoms with E-state index in [0.717, 1.165) is 15.3 Å². The van der Waals surface area contributed by atoms with Crippen LogP contribution in [-0.4, -0.2) is 23.4 Å². The first kappa shape index (κ1) is 10.4. The molecule has 0 unspecified atom stereocenters. The molecule has 0 aliphatic rings. The van der Waals surface area contributed by atoms with E-state index in [1.54, 1.807) is 21.8 Å². The van der Waals surface area contributed by atoms with E-state index in [4.69, 9.17) is 0 Å². The van der Waals surface area contributed by atoms with Gasteiger partial charge in [0.05, 0.1) is 0 Å². The van der Waals surface area contributed by atoms with Crippen molar-refractivity contribution in [1.29, 1.82) is 0 Å². The summed E-state index contributed by atoms with van der Waals surface area (Å²) in [6.07, 6.45) is 0. The number of aromatic nitrogens is 1. The standard InChI is InChI=1S/C13H9NO2Se/c15-10-5-3-4-9(8-10)14-13(16)11-6-1-2-7-12(11)17-14/h1-8,15H. The molecule has 0 spiro atoms. The van der Waals surface area contributed by atoms with Crippen molar-refractivity contribution in [1.82, 2.24) is 3.56 Å². The average Bonchev–Trinajstić information content (AvgIpc) is 2.68. The first-order chi connectivity index (χ1) is 8.25. The van der Waals surface area contributed by atoms with Crippen molar-refractivity contribution in [3.8, 4) is 11.4 Å². The number of phenolic OH excluding ortho intramolecular Hbond substituents is 1. The summed E-state index contributed by atoms with van der Waals surface area (Å²) in [4.78, 5) is 12.2. The van der Waals surface area contributed by atoms with Gasteiger partial charge in [-0.1, -0.05) is 0 Å². The fraction of sp³-hybridized carbons (Fsp3) is 0. The van der Waals surface area contributed by atoms with Crippen LogP contribution < -0.4 is 5.56 Å². The molecule has 0 atom stereocenters. The van der Waals surface area contributed by atoms with Gasteiger partial charge in [-0.05, 0) is 0 Å². The van der Waals surface area contributed by atoms with Gasteiger partial charge in [0.15, 0.2) is 0 Å². The van der Waals surface area contributed by atoms with Crippen LogP contribution in [0.4, 0.5) is 0 Å². The molecule has 3 aromatic rings. The van der Waals surface area contributed by atoms with Gasteiger partial charge >= 0.3 is 103 Å². The van der Waals surface area contributed by atoms with Gasteiger partial charge in [-0.25, -0.2) is 0 Å². The third-order valence-corrected chi connectivity index (χ3v) is 4.89. The van der Waals surface area contributed by atoms with Gasteiger partial charge in [-0.15, -0.1) is 0 Å². The third-order valence-electron chi connectivity index (χ3n) is 2.56. The second-order valence-electron chi connectivity index (χ2n) is 3.71. The van der Waals surface area contributed by atoms with Gasteiger partial charge in [0.1, 0.15) is 0 Å². The van der Waals surface area contributed by atoms with Crippen LogP contribution in [0.25, 0.3) is 15.3 Å². The Morgan fingerprint density at radius 3 is 2.65 bits per heavy atom. The summed E-state index contributed by atoms with van der Waals surface area (Å²) in [5.41, 5.74) is 0.775. The number of rotatable bonds is 1. The molecule has 3 nitrogen and oxygen atoms in total. The summed E-state index contributed by atoms with van der Waals surface area (Å²) < 4.78 is 2.82. The summed E-state index contributed by atoms with van der Waals surface area (Å²) >= 11 is -0.0402. The average molecular weight is 290 g/mol. The fourth-order valence-electron chi connectivity index (χ4n) is 1.76. The van der Waals surface area contributed by atoms with Crippen molar-refractivity contribution in [2.24, 2.45) is 0 Å². The Morgan fingerprint density at radius 2 is 1.88 bits per heavy atom. The number of phenols is 1. The number of aromatic hydroxyl groups is 1. The summed E-state index contributed by atoms with van der Waals surface area (Å²) in [5, 5.41) is 10.2. The summed E-state index contributed by atoms with van der Waals surface area (Å²) in [7, 11) is 0. The molecule has 17 heavy (non-hydrogen) atoms. The van der Waals surface area contributed by atoms with Crippen molar-refractivity contribution >= 4 is 24.4 Å². The molecule has 0 fully saturated rings. The Morgan fingerprint density at radius 1 is 1.06 bits per heavy atom. The summed E-state index contributed by atoms with van der Waals surface area (Å²) in [5.74, 6) is 0.182. The molecule has 1 aromatic heterocycles. The molecule has 0 bridgehead atoms. The van der Waals surface area contributed by atoms with Gasteiger partial charge in [0, 0.05) is 0 Å². The van der Waals surface area contributed by atoms with E-state index in [9.17, 15) is 9.90 Å². The van der Waals surface area contributed by atoms with E-state index in [-0.39, 0.29) is 26.0 Å². The van der Waals surface area contributed by atoms with Crippen LogP contribution >= 0.6 is 0 Å². The molecule has 0 saturated carbocycles. The number of nitrogens with zero attached hydrogens (tertiary/aromatic N) is 1. The van der Waals surface area contributed by atoms with Gasteiger partial charge < -0.3 is 0 Å². The van der Waals surface area contributed by atoms with Gasteiger partial charge in [0.25, 0.3) is 0 Å². The van der Waals surface area contributed by atoms with Gasteiger partial charge in [-0.2, -0.15) is 0 Å². The van der Waals surface area contributed by atoms with Crippen LogP contribution in [0, 0.1) is 0 Å². The molecule has 0 aliphatic carbocycles. The van der Waals surface area contributed by atoms with Crippen LogP contribution in [0.3, 0.4) is 0 Å². The zero-order valence-corrected chi connectivity index (χ0v) is 10.5. The van der Waals surface area contributed by atoms with Gasteiger partial charge in [-0.3, -0.25) is 0 Å². The van der Waals surface area contributed by atoms with Crippen molar-refractivity contribution in [3.63, 3.8) is 0 Å². The second-order valence-corrected chi connectivity index (χ2v) is 5.78. The summed E-state index contributed by atoms with van der Waals surface area (Å²) in [6.45, 7) is 0. The predicted molar refractivity (Wildman–Crippen MR) is 68.1 cm³/mol. The van der Waals surface area contributed by atoms with E-state index < -0.39 is 0 Å². The number of benzene rings is 2. The monoisotopic (exact) mass is 291 g/mol. The molecular formula is C13H9NO2Se. The molecule has 2 aromatic carbocycles. The Balaban J connectivity index is 2.31. The molecule has 3 rings (SSSR count). The molecule has 0 saturated heterocycles. The predicted octanol–water partition coefficient (Wildman–Crippen LogP) is 1.75. The zero-order valence-electron chi connectivity index (χ0n) is 8.83. The summed E-state index contributed by atoms with van der Waals surface area (Å²) in [6, 6.07) is 14.5. The molecule has 0 radical (unpaired) electrons. The van der Waals surface area contributed by atoms with Crippen molar-refractivity contribution in [2.75, 3.05) is 0 Å². The molecule has 84 valence electrons. The normalized spacial score (nSPS) is 10.8. The third kappa shape index (κ3) is 1.71. The SMILES string of the molecule is O=c1c2ccccc2[se]n1-c1cccc(O)c1. The zero-order chi connectivity index (χ0) is 11.8. The maximum atomic E-state index is 12.2. The molecule has 1 N–H and O–H groups in total. The first-order valence-electron chi connectivity index (χ1n) is 5.16. The van der Waals surface area contributed by atoms with Gasteiger partial charge in [0.2, 0.25) is 0 Å². The fourth-order valence-corrected chi connectivity index (χ4v) is 3.84. The minimum absolute atomic E-state index is 0.0196. The number of hydrogen-bond donors (Lipinski definition) is 1. The quantitative estimate of drug-likeness (QED) is 0.694. The number of fused-ring (bicyclic) bond motifs is 1. The first-order valence-corrected chi connectivity index (χ1v) is 6.78. The van der Waals surface area contributed by atoms with Crippen LogP contribution in [0.5, 0.6) is 5.75 Å². The van der Waals surface area contributed by atoms with Crippen molar-refractivity contribution < 1.29 is 5.11 Å². The van der Waals surface area contributed by atoms with Crippen LogP contribution in [-0.2, 0) is 0 Å². The van der Waals surface area contributed by atoms with Crippen LogP contribution in [0.1, 0.15) is 0 Å². The maximum absolute atomic E-state index is 12.2. The number of hydrogen-bond acceptors (Lipinski definition) is 2. The van der Waals surface area contributed by atoms with Crippen molar-refractivity contribution in [3.05, 3.63) is 58.9 Å². The topological polar surface area (TPSA) is 42.2 Å². The molecule has 0 amide bonds. The Kier molecular flexibility index (Phi) is 2.39. The molecular weight excluding hydrogens is 281 g/mol.